The van der Waals surface area contributed by atoms with Gasteiger partial charge in [-0.2, -0.15) is 5.10 Å². The molecule has 0 atom stereocenters. The zero-order valence-corrected chi connectivity index (χ0v) is 19.0. The Morgan fingerprint density at radius 1 is 1.03 bits per heavy atom. The molecule has 3 heterocycles. The van der Waals surface area contributed by atoms with Gasteiger partial charge in [0.05, 0.1) is 6.54 Å². The number of rotatable bonds is 10. The van der Waals surface area contributed by atoms with Gasteiger partial charge in [-0.1, -0.05) is 57.9 Å². The summed E-state index contributed by atoms with van der Waals surface area (Å²) in [6.45, 7) is 7.36. The van der Waals surface area contributed by atoms with Crippen molar-refractivity contribution in [2.24, 2.45) is 5.92 Å². The number of nitrogens with one attached hydrogen (secondary N) is 1. The third-order valence-electron chi connectivity index (χ3n) is 5.41. The fraction of sp³-hybridized carbons (Fsp3) is 0.417. The number of hydrogen-bond acceptors (Lipinski definition) is 6. The van der Waals surface area contributed by atoms with Crippen molar-refractivity contribution < 1.29 is 0 Å². The van der Waals surface area contributed by atoms with Crippen LogP contribution in [0.2, 0.25) is 0 Å². The Morgan fingerprint density at radius 3 is 2.59 bits per heavy atom. The van der Waals surface area contributed by atoms with Crippen LogP contribution in [0.4, 0.5) is 0 Å². The van der Waals surface area contributed by atoms with Gasteiger partial charge in [0.1, 0.15) is 5.82 Å². The van der Waals surface area contributed by atoms with Crippen LogP contribution in [0.1, 0.15) is 57.2 Å². The van der Waals surface area contributed by atoms with Crippen LogP contribution >= 0.6 is 0 Å². The number of unbranched alkanes of at least 4 members (excludes halogenated alkanes) is 2. The molecule has 32 heavy (non-hydrogen) atoms. The van der Waals surface area contributed by atoms with Gasteiger partial charge in [-0.3, -0.25) is 4.98 Å². The van der Waals surface area contributed by atoms with Crippen LogP contribution in [0.15, 0.2) is 42.7 Å². The summed E-state index contributed by atoms with van der Waals surface area (Å²) < 4.78 is 2.08. The number of tetrazole rings is 1. The fourth-order valence-electron chi connectivity index (χ4n) is 3.79. The highest BCUT2D eigenvalue weighted by Crippen LogP contribution is 2.29. The molecule has 1 N–H and O–H groups in total. The second-order valence-electron chi connectivity index (χ2n) is 8.53. The van der Waals surface area contributed by atoms with Crippen molar-refractivity contribution in [3.05, 3.63) is 59.9 Å². The maximum atomic E-state index is 4.84. The molecular formula is C24H30N8. The van der Waals surface area contributed by atoms with Crippen LogP contribution in [0.5, 0.6) is 0 Å². The number of nitrogens with zero attached hydrogens (tertiary/aromatic N) is 7. The molecule has 0 aliphatic heterocycles. The quantitative estimate of drug-likeness (QED) is 0.372. The molecule has 0 radical (unpaired) electrons. The number of benzene rings is 1. The maximum absolute atomic E-state index is 4.84. The van der Waals surface area contributed by atoms with E-state index in [1.807, 2.05) is 12.3 Å². The summed E-state index contributed by atoms with van der Waals surface area (Å²) in [6.07, 6.45) is 9.04. The molecule has 1 aromatic carbocycles. The maximum Gasteiger partial charge on any atom is 0.180 e. The Hall–Kier alpha value is -3.42. The van der Waals surface area contributed by atoms with Crippen molar-refractivity contribution in [3.8, 4) is 22.5 Å². The zero-order chi connectivity index (χ0) is 22.3. The molecule has 0 aliphatic rings. The summed E-state index contributed by atoms with van der Waals surface area (Å²) in [6, 6.07) is 10.4. The van der Waals surface area contributed by atoms with Crippen molar-refractivity contribution in [2.45, 2.75) is 59.4 Å². The van der Waals surface area contributed by atoms with Crippen LogP contribution in [-0.2, 0) is 19.4 Å². The van der Waals surface area contributed by atoms with E-state index in [0.29, 0.717) is 11.7 Å². The van der Waals surface area contributed by atoms with E-state index in [2.05, 4.69) is 75.3 Å². The second kappa shape index (κ2) is 10.3. The van der Waals surface area contributed by atoms with Gasteiger partial charge < -0.3 is 0 Å². The lowest BCUT2D eigenvalue weighted by Gasteiger charge is -2.09. The molecule has 4 aromatic rings. The number of aromatic amines is 1. The van der Waals surface area contributed by atoms with E-state index >= 15 is 0 Å². The molecule has 0 saturated carbocycles. The topological polar surface area (TPSA) is 98.1 Å². The molecule has 166 valence electrons. The molecule has 0 amide bonds. The van der Waals surface area contributed by atoms with E-state index in [0.717, 1.165) is 54.1 Å². The Kier molecular flexibility index (Phi) is 6.99. The summed E-state index contributed by atoms with van der Waals surface area (Å²) in [5.41, 5.74) is 4.16. The highest BCUT2D eigenvalue weighted by molar-refractivity contribution is 5.79. The molecule has 4 rings (SSSR count). The summed E-state index contributed by atoms with van der Waals surface area (Å²) in [5, 5.41) is 19.1. The first-order chi connectivity index (χ1) is 15.6. The Bertz CT molecular complexity index is 1110. The first kappa shape index (κ1) is 21.8. The van der Waals surface area contributed by atoms with E-state index in [4.69, 9.17) is 10.1 Å². The molecule has 0 fully saturated rings. The highest BCUT2D eigenvalue weighted by Gasteiger charge is 2.13. The molecule has 8 heteroatoms. The lowest BCUT2D eigenvalue weighted by molar-refractivity contribution is 0.589. The zero-order valence-electron chi connectivity index (χ0n) is 19.0. The second-order valence-corrected chi connectivity index (χ2v) is 8.53. The molecule has 0 saturated heterocycles. The van der Waals surface area contributed by atoms with Gasteiger partial charge in [0.25, 0.3) is 0 Å². The van der Waals surface area contributed by atoms with E-state index in [1.165, 1.54) is 18.4 Å². The van der Waals surface area contributed by atoms with Gasteiger partial charge in [0.15, 0.2) is 11.6 Å². The predicted octanol–water partition coefficient (Wildman–Crippen LogP) is 4.50. The summed E-state index contributed by atoms with van der Waals surface area (Å²) in [4.78, 5) is 9.14. The van der Waals surface area contributed by atoms with Gasteiger partial charge in [-0.25, -0.2) is 14.8 Å². The molecule has 8 nitrogen and oxygen atoms in total. The van der Waals surface area contributed by atoms with Crippen molar-refractivity contribution in [1.29, 1.82) is 0 Å². The molecule has 3 aromatic heterocycles. The minimum Gasteiger partial charge on any atom is -0.264 e. The number of aryl methyl sites for hydroxylation is 1. The average molecular weight is 431 g/mol. The van der Waals surface area contributed by atoms with Gasteiger partial charge in [-0.05, 0) is 40.0 Å². The van der Waals surface area contributed by atoms with Gasteiger partial charge in [0, 0.05) is 36.4 Å². The lowest BCUT2D eigenvalue weighted by Crippen LogP contribution is -2.07. The van der Waals surface area contributed by atoms with Gasteiger partial charge >= 0.3 is 0 Å². The smallest absolute Gasteiger partial charge is 0.180 e. The van der Waals surface area contributed by atoms with E-state index < -0.39 is 0 Å². The Balaban J connectivity index is 1.55. The SMILES string of the molecule is CCCCCc1nc(CC(C)C)nn1Cc1ccc(-c2cnccc2-c2nnn[nH]2)cc1. The van der Waals surface area contributed by atoms with Crippen molar-refractivity contribution >= 4 is 0 Å². The lowest BCUT2D eigenvalue weighted by atomic mass is 10.0. The highest BCUT2D eigenvalue weighted by atomic mass is 15.5. The first-order valence-electron chi connectivity index (χ1n) is 11.3. The van der Waals surface area contributed by atoms with Crippen molar-refractivity contribution in [2.75, 3.05) is 0 Å². The number of H-pyrrole nitrogens is 1. The molecular weight excluding hydrogens is 400 g/mol. The third kappa shape index (κ3) is 5.25. The monoisotopic (exact) mass is 430 g/mol. The molecule has 0 bridgehead atoms. The minimum absolute atomic E-state index is 0.543. The molecule has 0 aliphatic carbocycles. The average Bonchev–Trinajstić information content (AvgIpc) is 3.45. The van der Waals surface area contributed by atoms with Crippen molar-refractivity contribution in [3.63, 3.8) is 0 Å². The molecule has 0 unspecified atom stereocenters. The largest absolute Gasteiger partial charge is 0.264 e. The van der Waals surface area contributed by atoms with Crippen LogP contribution in [-0.4, -0.2) is 40.4 Å². The van der Waals surface area contributed by atoms with Gasteiger partial charge in [-0.15, -0.1) is 5.10 Å². The van der Waals surface area contributed by atoms with Crippen LogP contribution in [0.25, 0.3) is 22.5 Å². The molecule has 0 spiro atoms. The van der Waals surface area contributed by atoms with E-state index in [1.54, 1.807) is 6.20 Å². The van der Waals surface area contributed by atoms with E-state index in [-0.39, 0.29) is 0 Å². The van der Waals surface area contributed by atoms with Crippen molar-refractivity contribution in [1.82, 2.24) is 40.4 Å². The third-order valence-corrected chi connectivity index (χ3v) is 5.41. The summed E-state index contributed by atoms with van der Waals surface area (Å²) in [7, 11) is 0. The fourth-order valence-corrected chi connectivity index (χ4v) is 3.79. The van der Waals surface area contributed by atoms with E-state index in [9.17, 15) is 0 Å². The first-order valence-corrected chi connectivity index (χ1v) is 11.3. The minimum atomic E-state index is 0.543. The van der Waals surface area contributed by atoms with Crippen LogP contribution in [0, 0.1) is 5.92 Å². The summed E-state index contributed by atoms with van der Waals surface area (Å²) >= 11 is 0. The number of pyridine rings is 1. The number of aromatic nitrogens is 8. The van der Waals surface area contributed by atoms with Crippen LogP contribution < -0.4 is 0 Å². The number of hydrogen-bond donors (Lipinski definition) is 1. The standard InChI is InChI=1S/C24H30N8/c1-4-5-6-7-23-26-22(14-17(2)3)29-32(23)16-18-8-10-19(11-9-18)21-15-25-13-12-20(21)24-27-30-31-28-24/h8-13,15,17H,4-7,14,16H2,1-3H3,(H,27,28,30,31). The Labute approximate surface area is 188 Å². The van der Waals surface area contributed by atoms with Gasteiger partial charge in [0.2, 0.25) is 0 Å². The summed E-state index contributed by atoms with van der Waals surface area (Å²) in [5.74, 6) is 3.21. The van der Waals surface area contributed by atoms with Crippen LogP contribution in [0.3, 0.4) is 0 Å². The Morgan fingerprint density at radius 2 is 1.88 bits per heavy atom. The predicted molar refractivity (Wildman–Crippen MR) is 124 cm³/mol. The normalized spacial score (nSPS) is 11.4.